The Bertz CT molecular complexity index is 658. The van der Waals surface area contributed by atoms with Gasteiger partial charge in [-0.25, -0.2) is 0 Å². The minimum Gasteiger partial charge on any atom is -0.174 e. The first-order valence-corrected chi connectivity index (χ1v) is 10.8. The molecular formula is C24H32F2. The zero-order valence-electron chi connectivity index (χ0n) is 16.0. The second-order valence-electron chi connectivity index (χ2n) is 9.08. The Balaban J connectivity index is 1.37. The van der Waals surface area contributed by atoms with E-state index in [9.17, 15) is 8.78 Å². The van der Waals surface area contributed by atoms with Crippen LogP contribution in [0.1, 0.15) is 68.6 Å². The lowest BCUT2D eigenvalue weighted by Gasteiger charge is -2.44. The molecular weight excluding hydrogens is 326 g/mol. The number of hydrogen-bond donors (Lipinski definition) is 0. The minimum absolute atomic E-state index is 0.132. The van der Waals surface area contributed by atoms with Crippen molar-refractivity contribution in [2.24, 2.45) is 29.6 Å². The fraction of sp³-hybridized carbons (Fsp3) is 0.667. The van der Waals surface area contributed by atoms with Crippen molar-refractivity contribution in [3.63, 3.8) is 0 Å². The molecule has 3 unspecified atom stereocenters. The molecule has 0 spiro atoms. The van der Waals surface area contributed by atoms with Crippen LogP contribution in [0.5, 0.6) is 0 Å². The average Bonchev–Trinajstić information content (AvgIpc) is 2.66. The molecule has 0 bridgehead atoms. The van der Waals surface area contributed by atoms with Gasteiger partial charge in [-0.3, -0.25) is 0 Å². The summed E-state index contributed by atoms with van der Waals surface area (Å²) in [6.07, 6.45) is 11.8. The molecule has 3 aliphatic rings. The van der Waals surface area contributed by atoms with Gasteiger partial charge < -0.3 is 0 Å². The van der Waals surface area contributed by atoms with Crippen molar-refractivity contribution in [1.82, 2.24) is 0 Å². The van der Waals surface area contributed by atoms with Crippen LogP contribution in [0.25, 0.3) is 0 Å². The van der Waals surface area contributed by atoms with Gasteiger partial charge in [0, 0.05) is 0 Å². The molecule has 2 fully saturated rings. The van der Waals surface area contributed by atoms with E-state index in [1.165, 1.54) is 56.6 Å². The van der Waals surface area contributed by atoms with E-state index >= 15 is 0 Å². The van der Waals surface area contributed by atoms with Gasteiger partial charge in [-0.15, -0.1) is 0 Å². The second kappa shape index (κ2) is 7.82. The van der Waals surface area contributed by atoms with Crippen LogP contribution < -0.4 is 0 Å². The maximum absolute atomic E-state index is 12.6. The van der Waals surface area contributed by atoms with E-state index in [-0.39, 0.29) is 5.92 Å². The lowest BCUT2D eigenvalue weighted by atomic mass is 9.61. The Morgan fingerprint density at radius 3 is 2.42 bits per heavy atom. The third-order valence-electron chi connectivity index (χ3n) is 7.67. The second-order valence-corrected chi connectivity index (χ2v) is 9.08. The van der Waals surface area contributed by atoms with Gasteiger partial charge in [-0.05, 0) is 117 Å². The van der Waals surface area contributed by atoms with Crippen LogP contribution in [0.3, 0.4) is 0 Å². The number of allylic oxidation sites excluding steroid dienone is 1. The molecule has 0 aromatic heterocycles. The average molecular weight is 359 g/mol. The third-order valence-corrected chi connectivity index (χ3v) is 7.67. The molecule has 0 N–H and O–H groups in total. The molecule has 2 heteroatoms. The molecule has 0 saturated heterocycles. The monoisotopic (exact) mass is 358 g/mol. The molecule has 142 valence electrons. The van der Waals surface area contributed by atoms with Crippen molar-refractivity contribution >= 4 is 0 Å². The van der Waals surface area contributed by atoms with Gasteiger partial charge in [0.1, 0.15) is 0 Å². The molecule has 0 nitrogen and oxygen atoms in total. The first-order chi connectivity index (χ1) is 12.6. The lowest BCUT2D eigenvalue weighted by Crippen LogP contribution is -2.34. The van der Waals surface area contributed by atoms with Crippen LogP contribution in [-0.4, -0.2) is 0 Å². The largest absolute Gasteiger partial charge is 0.266 e. The van der Waals surface area contributed by atoms with E-state index in [4.69, 9.17) is 0 Å². The molecule has 0 heterocycles. The van der Waals surface area contributed by atoms with Crippen LogP contribution in [0.15, 0.2) is 30.4 Å². The SMILES string of the molecule is CCc1ccc2c(c1)CCC(C1CCC3C[C@H](C=C(F)F)CC[C@@H]3C1)C2. The van der Waals surface area contributed by atoms with E-state index in [0.717, 1.165) is 37.0 Å². The summed E-state index contributed by atoms with van der Waals surface area (Å²) in [7, 11) is 0. The maximum atomic E-state index is 12.6. The number of rotatable bonds is 3. The Morgan fingerprint density at radius 1 is 0.923 bits per heavy atom. The normalized spacial score (nSPS) is 33.9. The molecule has 1 aromatic rings. The van der Waals surface area contributed by atoms with Gasteiger partial charge in [0.2, 0.25) is 0 Å². The Kier molecular flexibility index (Phi) is 5.47. The topological polar surface area (TPSA) is 0 Å². The highest BCUT2D eigenvalue weighted by Gasteiger charge is 2.38. The summed E-state index contributed by atoms with van der Waals surface area (Å²) in [4.78, 5) is 0. The minimum atomic E-state index is -1.48. The van der Waals surface area contributed by atoms with Crippen molar-refractivity contribution < 1.29 is 8.78 Å². The fourth-order valence-electron chi connectivity index (χ4n) is 6.18. The Labute approximate surface area is 157 Å². The number of benzene rings is 1. The lowest BCUT2D eigenvalue weighted by molar-refractivity contribution is 0.0803. The van der Waals surface area contributed by atoms with E-state index < -0.39 is 6.08 Å². The number of aryl methyl sites for hydroxylation is 2. The molecule has 3 aliphatic carbocycles. The zero-order chi connectivity index (χ0) is 18.1. The molecule has 26 heavy (non-hydrogen) atoms. The van der Waals surface area contributed by atoms with Crippen molar-refractivity contribution in [1.29, 1.82) is 0 Å². The van der Waals surface area contributed by atoms with Gasteiger partial charge in [0.15, 0.2) is 0 Å². The summed E-state index contributed by atoms with van der Waals surface area (Å²) in [6.45, 7) is 2.23. The summed E-state index contributed by atoms with van der Waals surface area (Å²) in [5, 5.41) is 0. The van der Waals surface area contributed by atoms with Crippen molar-refractivity contribution in [3.05, 3.63) is 47.0 Å². The van der Waals surface area contributed by atoms with Crippen molar-refractivity contribution in [2.75, 3.05) is 0 Å². The third kappa shape index (κ3) is 3.89. The van der Waals surface area contributed by atoms with E-state index in [2.05, 4.69) is 25.1 Å². The Morgan fingerprint density at radius 2 is 1.65 bits per heavy atom. The van der Waals surface area contributed by atoms with E-state index in [0.29, 0.717) is 5.92 Å². The highest BCUT2D eigenvalue weighted by molar-refractivity contribution is 5.34. The number of halogens is 2. The predicted octanol–water partition coefficient (Wildman–Crippen LogP) is 6.97. The fourth-order valence-corrected chi connectivity index (χ4v) is 6.18. The molecule has 0 amide bonds. The number of fused-ring (bicyclic) bond motifs is 2. The van der Waals surface area contributed by atoms with Gasteiger partial charge in [-0.1, -0.05) is 25.1 Å². The quantitative estimate of drug-likeness (QED) is 0.547. The standard InChI is InChI=1S/C24H32F2/c1-2-16-3-5-20-14-22(9-7-18(20)11-16)23-10-8-19-12-17(13-24(25)26)4-6-21(19)15-23/h3,5,11,13,17,19,21-23H,2,4,6-10,12,14-15H2,1H3/t17-,19?,21-,22?,23?/m1/s1. The Hall–Kier alpha value is -1.18. The molecule has 2 saturated carbocycles. The first kappa shape index (κ1) is 18.2. The number of hydrogen-bond acceptors (Lipinski definition) is 0. The highest BCUT2D eigenvalue weighted by Crippen LogP contribution is 2.48. The van der Waals surface area contributed by atoms with Crippen molar-refractivity contribution in [3.8, 4) is 0 Å². The van der Waals surface area contributed by atoms with E-state index in [1.807, 2.05) is 0 Å². The van der Waals surface area contributed by atoms with E-state index in [1.54, 1.807) is 11.1 Å². The first-order valence-electron chi connectivity index (χ1n) is 10.8. The predicted molar refractivity (Wildman–Crippen MR) is 103 cm³/mol. The van der Waals surface area contributed by atoms with Gasteiger partial charge in [-0.2, -0.15) is 8.78 Å². The maximum Gasteiger partial charge on any atom is 0.266 e. The highest BCUT2D eigenvalue weighted by atomic mass is 19.3. The molecule has 5 atom stereocenters. The zero-order valence-corrected chi connectivity index (χ0v) is 16.0. The summed E-state index contributed by atoms with van der Waals surface area (Å²) in [6, 6.07) is 7.13. The van der Waals surface area contributed by atoms with Crippen LogP contribution in [0, 0.1) is 29.6 Å². The molecule has 0 aliphatic heterocycles. The molecule has 1 aromatic carbocycles. The molecule has 0 radical (unpaired) electrons. The smallest absolute Gasteiger partial charge is 0.174 e. The molecule has 4 rings (SSSR count). The van der Waals surface area contributed by atoms with Gasteiger partial charge in [0.05, 0.1) is 0 Å². The van der Waals surface area contributed by atoms with Crippen LogP contribution in [0.2, 0.25) is 0 Å². The van der Waals surface area contributed by atoms with Crippen LogP contribution in [-0.2, 0) is 19.3 Å². The van der Waals surface area contributed by atoms with Crippen LogP contribution >= 0.6 is 0 Å². The van der Waals surface area contributed by atoms with Gasteiger partial charge in [0.25, 0.3) is 6.08 Å². The summed E-state index contributed by atoms with van der Waals surface area (Å²) in [5.74, 6) is 3.33. The summed E-state index contributed by atoms with van der Waals surface area (Å²) >= 11 is 0. The summed E-state index contributed by atoms with van der Waals surface area (Å²) in [5.41, 5.74) is 4.65. The summed E-state index contributed by atoms with van der Waals surface area (Å²) < 4.78 is 25.2. The van der Waals surface area contributed by atoms with Crippen LogP contribution in [0.4, 0.5) is 8.78 Å². The van der Waals surface area contributed by atoms with Crippen molar-refractivity contribution in [2.45, 2.75) is 71.1 Å². The van der Waals surface area contributed by atoms with Gasteiger partial charge >= 0.3 is 0 Å².